The van der Waals surface area contributed by atoms with Crippen molar-refractivity contribution in [3.63, 3.8) is 0 Å². The SMILES string of the molecule is CNN(C(C)=N)C1CCS(=O)(=O)C1. The Morgan fingerprint density at radius 2 is 2.23 bits per heavy atom. The number of rotatable bonds is 2. The Bertz CT molecular complexity index is 299. The summed E-state index contributed by atoms with van der Waals surface area (Å²) in [7, 11) is -1.17. The van der Waals surface area contributed by atoms with Crippen molar-refractivity contribution in [3.05, 3.63) is 0 Å². The minimum Gasteiger partial charge on any atom is -0.293 e. The summed E-state index contributed by atoms with van der Waals surface area (Å²) in [6.45, 7) is 1.64. The fourth-order valence-corrected chi connectivity index (χ4v) is 3.30. The van der Waals surface area contributed by atoms with Gasteiger partial charge in [-0.1, -0.05) is 0 Å². The fourth-order valence-electron chi connectivity index (χ4n) is 1.60. The molecule has 13 heavy (non-hydrogen) atoms. The molecule has 1 aliphatic rings. The van der Waals surface area contributed by atoms with E-state index in [0.717, 1.165) is 0 Å². The summed E-state index contributed by atoms with van der Waals surface area (Å²) in [5.74, 6) is 0.748. The molecule has 1 rings (SSSR count). The molecule has 0 aromatic heterocycles. The van der Waals surface area contributed by atoms with Crippen molar-refractivity contribution in [1.29, 1.82) is 5.41 Å². The van der Waals surface area contributed by atoms with Crippen molar-refractivity contribution in [2.45, 2.75) is 19.4 Å². The zero-order chi connectivity index (χ0) is 10.1. The predicted molar refractivity (Wildman–Crippen MR) is 51.4 cm³/mol. The van der Waals surface area contributed by atoms with Gasteiger partial charge in [-0.3, -0.25) is 10.4 Å². The second-order valence-corrected chi connectivity index (χ2v) is 5.46. The highest BCUT2D eigenvalue weighted by atomic mass is 32.2. The number of hydrazine groups is 1. The van der Waals surface area contributed by atoms with Crippen LogP contribution in [0.2, 0.25) is 0 Å². The highest BCUT2D eigenvalue weighted by Crippen LogP contribution is 2.16. The molecule has 1 aliphatic heterocycles. The van der Waals surface area contributed by atoms with Crippen LogP contribution in [0.3, 0.4) is 0 Å². The van der Waals surface area contributed by atoms with E-state index < -0.39 is 9.84 Å². The van der Waals surface area contributed by atoms with Crippen LogP contribution in [-0.2, 0) is 9.84 Å². The second kappa shape index (κ2) is 3.63. The van der Waals surface area contributed by atoms with Gasteiger partial charge in [-0.05, 0) is 13.3 Å². The first kappa shape index (κ1) is 10.5. The molecule has 1 heterocycles. The topological polar surface area (TPSA) is 73.3 Å². The first-order chi connectivity index (χ1) is 5.96. The fraction of sp³-hybridized carbons (Fsp3) is 0.857. The van der Waals surface area contributed by atoms with E-state index in [1.165, 1.54) is 0 Å². The van der Waals surface area contributed by atoms with E-state index in [-0.39, 0.29) is 17.5 Å². The van der Waals surface area contributed by atoms with Gasteiger partial charge in [0, 0.05) is 7.05 Å². The van der Waals surface area contributed by atoms with E-state index in [0.29, 0.717) is 12.3 Å². The molecular weight excluding hydrogens is 190 g/mol. The van der Waals surface area contributed by atoms with Crippen LogP contribution in [0.5, 0.6) is 0 Å². The summed E-state index contributed by atoms with van der Waals surface area (Å²) in [5, 5.41) is 9.02. The lowest BCUT2D eigenvalue weighted by molar-refractivity contribution is 0.264. The Hall–Kier alpha value is -0.620. The van der Waals surface area contributed by atoms with E-state index in [1.807, 2.05) is 0 Å². The van der Waals surface area contributed by atoms with E-state index in [4.69, 9.17) is 5.41 Å². The molecule has 2 N–H and O–H groups in total. The molecule has 6 heteroatoms. The molecule has 1 atom stereocenters. The van der Waals surface area contributed by atoms with Crippen molar-refractivity contribution in [2.24, 2.45) is 0 Å². The molecule has 0 aromatic carbocycles. The van der Waals surface area contributed by atoms with Crippen LogP contribution < -0.4 is 5.43 Å². The van der Waals surface area contributed by atoms with Crippen molar-refractivity contribution < 1.29 is 8.42 Å². The first-order valence-electron chi connectivity index (χ1n) is 4.18. The van der Waals surface area contributed by atoms with Crippen LogP contribution in [0, 0.1) is 5.41 Å². The van der Waals surface area contributed by atoms with Crippen LogP contribution in [-0.4, -0.2) is 43.9 Å². The van der Waals surface area contributed by atoms with Crippen LogP contribution in [0.4, 0.5) is 0 Å². The minimum absolute atomic E-state index is 0.0764. The van der Waals surface area contributed by atoms with Gasteiger partial charge in [0.25, 0.3) is 0 Å². The maximum Gasteiger partial charge on any atom is 0.152 e. The van der Waals surface area contributed by atoms with Gasteiger partial charge in [0.2, 0.25) is 0 Å². The summed E-state index contributed by atoms with van der Waals surface area (Å²) < 4.78 is 22.3. The van der Waals surface area contributed by atoms with Gasteiger partial charge in [0.05, 0.1) is 17.5 Å². The molecular formula is C7H15N3O2S. The van der Waals surface area contributed by atoms with E-state index in [9.17, 15) is 8.42 Å². The number of nitrogens with one attached hydrogen (secondary N) is 2. The summed E-state index contributed by atoms with van der Waals surface area (Å²) in [5.41, 5.74) is 2.83. The maximum atomic E-state index is 11.2. The number of hydrogen-bond acceptors (Lipinski definition) is 4. The highest BCUT2D eigenvalue weighted by Gasteiger charge is 2.32. The third-order valence-corrected chi connectivity index (χ3v) is 3.93. The van der Waals surface area contributed by atoms with Crippen molar-refractivity contribution in [1.82, 2.24) is 10.4 Å². The summed E-state index contributed by atoms with van der Waals surface area (Å²) in [4.78, 5) is 0. The quantitative estimate of drug-likeness (QED) is 0.366. The van der Waals surface area contributed by atoms with E-state index >= 15 is 0 Å². The van der Waals surface area contributed by atoms with Gasteiger partial charge >= 0.3 is 0 Å². The normalized spacial score (nSPS) is 25.8. The third kappa shape index (κ3) is 2.41. The molecule has 1 saturated heterocycles. The van der Waals surface area contributed by atoms with Crippen LogP contribution in [0.1, 0.15) is 13.3 Å². The minimum atomic E-state index is -2.86. The average molecular weight is 205 g/mol. The zero-order valence-corrected chi connectivity index (χ0v) is 8.69. The number of nitrogens with zero attached hydrogens (tertiary/aromatic N) is 1. The highest BCUT2D eigenvalue weighted by molar-refractivity contribution is 7.91. The third-order valence-electron chi connectivity index (χ3n) is 2.18. The molecule has 0 amide bonds. The smallest absolute Gasteiger partial charge is 0.152 e. The lowest BCUT2D eigenvalue weighted by Gasteiger charge is -2.27. The van der Waals surface area contributed by atoms with E-state index in [2.05, 4.69) is 5.43 Å². The number of sulfone groups is 1. The standard InChI is InChI=1S/C7H15N3O2S/c1-6(8)10(9-2)7-3-4-13(11,12)5-7/h7-9H,3-5H2,1-2H3. The molecule has 0 radical (unpaired) electrons. The Morgan fingerprint density at radius 3 is 2.54 bits per heavy atom. The van der Waals surface area contributed by atoms with E-state index in [1.54, 1.807) is 19.0 Å². The Morgan fingerprint density at radius 1 is 1.62 bits per heavy atom. The zero-order valence-electron chi connectivity index (χ0n) is 7.87. The predicted octanol–water partition coefficient (Wildman–Crippen LogP) is -0.393. The Labute approximate surface area is 78.5 Å². The molecule has 0 saturated carbocycles. The molecule has 76 valence electrons. The lowest BCUT2D eigenvalue weighted by Crippen LogP contribution is -2.47. The van der Waals surface area contributed by atoms with Crippen molar-refractivity contribution >= 4 is 15.7 Å². The van der Waals surface area contributed by atoms with Gasteiger partial charge in [-0.25, -0.2) is 13.8 Å². The second-order valence-electron chi connectivity index (χ2n) is 3.24. The van der Waals surface area contributed by atoms with Crippen LogP contribution in [0.15, 0.2) is 0 Å². The molecule has 5 nitrogen and oxygen atoms in total. The maximum absolute atomic E-state index is 11.2. The molecule has 0 spiro atoms. The molecule has 1 fully saturated rings. The van der Waals surface area contributed by atoms with Gasteiger partial charge in [0.1, 0.15) is 5.84 Å². The van der Waals surface area contributed by atoms with Crippen molar-refractivity contribution in [2.75, 3.05) is 18.6 Å². The average Bonchev–Trinajstić information content (AvgIpc) is 2.31. The molecule has 0 aromatic rings. The van der Waals surface area contributed by atoms with Crippen LogP contribution >= 0.6 is 0 Å². The molecule has 1 unspecified atom stereocenters. The number of amidine groups is 1. The van der Waals surface area contributed by atoms with Gasteiger partial charge in [-0.15, -0.1) is 0 Å². The Balaban J connectivity index is 2.69. The summed E-state index contributed by atoms with van der Waals surface area (Å²) >= 11 is 0. The lowest BCUT2D eigenvalue weighted by atomic mass is 10.2. The first-order valence-corrected chi connectivity index (χ1v) is 6.00. The van der Waals surface area contributed by atoms with Crippen molar-refractivity contribution in [3.8, 4) is 0 Å². The summed E-state index contributed by atoms with van der Waals surface area (Å²) in [6.07, 6.45) is 0.611. The van der Waals surface area contributed by atoms with Crippen LogP contribution in [0.25, 0.3) is 0 Å². The monoisotopic (exact) mass is 205 g/mol. The number of hydrogen-bond donors (Lipinski definition) is 2. The largest absolute Gasteiger partial charge is 0.293 e. The van der Waals surface area contributed by atoms with Gasteiger partial charge in [0.15, 0.2) is 9.84 Å². The molecule has 0 bridgehead atoms. The molecule has 0 aliphatic carbocycles. The van der Waals surface area contributed by atoms with Gasteiger partial charge < -0.3 is 0 Å². The summed E-state index contributed by atoms with van der Waals surface area (Å²) in [6, 6.07) is -0.0764. The Kier molecular flexibility index (Phi) is 2.92. The van der Waals surface area contributed by atoms with Gasteiger partial charge in [-0.2, -0.15) is 0 Å².